The van der Waals surface area contributed by atoms with Crippen LogP contribution >= 0.6 is 11.6 Å². The highest BCUT2D eigenvalue weighted by Crippen LogP contribution is 2.43. The third kappa shape index (κ3) is 3.73. The van der Waals surface area contributed by atoms with Crippen LogP contribution in [0.2, 0.25) is 5.02 Å². The number of rotatable bonds is 5. The third-order valence-corrected chi connectivity index (χ3v) is 6.33. The van der Waals surface area contributed by atoms with E-state index in [0.717, 1.165) is 18.1 Å². The van der Waals surface area contributed by atoms with Gasteiger partial charge in [0.05, 0.1) is 6.17 Å². The summed E-state index contributed by atoms with van der Waals surface area (Å²) in [4.78, 5) is 5.16. The van der Waals surface area contributed by atoms with Crippen molar-refractivity contribution in [3.05, 3.63) is 107 Å². The van der Waals surface area contributed by atoms with Crippen molar-refractivity contribution in [1.82, 2.24) is 9.80 Å². The lowest BCUT2D eigenvalue weighted by Gasteiger charge is -2.38. The van der Waals surface area contributed by atoms with E-state index in [1.165, 1.54) is 16.7 Å². The summed E-state index contributed by atoms with van der Waals surface area (Å²) in [6.07, 6.45) is 0.152. The van der Waals surface area contributed by atoms with E-state index >= 15 is 0 Å². The molecule has 0 unspecified atom stereocenters. The number of hydrogen-bond acceptors (Lipinski definition) is 2. The molecule has 144 valence electrons. The van der Waals surface area contributed by atoms with Crippen molar-refractivity contribution in [3.63, 3.8) is 0 Å². The van der Waals surface area contributed by atoms with Crippen molar-refractivity contribution < 1.29 is 0 Å². The van der Waals surface area contributed by atoms with Gasteiger partial charge in [-0.15, -0.1) is 0 Å². The Labute approximate surface area is 173 Å². The highest BCUT2D eigenvalue weighted by Gasteiger charge is 2.39. The van der Waals surface area contributed by atoms with Gasteiger partial charge in [0.1, 0.15) is 0 Å². The summed E-state index contributed by atoms with van der Waals surface area (Å²) in [5.41, 5.74) is 3.87. The highest BCUT2D eigenvalue weighted by molar-refractivity contribution is 6.31. The van der Waals surface area contributed by atoms with E-state index in [9.17, 15) is 0 Å². The minimum Gasteiger partial charge on any atom is -0.276 e. The topological polar surface area (TPSA) is 6.48 Å². The summed E-state index contributed by atoms with van der Waals surface area (Å²) in [7, 11) is 0. The Morgan fingerprint density at radius 2 is 1.11 bits per heavy atom. The normalized spacial score (nSPS) is 18.2. The van der Waals surface area contributed by atoms with Crippen LogP contribution in [-0.4, -0.2) is 22.9 Å². The Balaban J connectivity index is 1.72. The largest absolute Gasteiger partial charge is 0.276 e. The van der Waals surface area contributed by atoms with E-state index in [1.54, 1.807) is 0 Å². The molecule has 1 saturated heterocycles. The van der Waals surface area contributed by atoms with E-state index < -0.39 is 0 Å². The average molecular weight is 391 g/mol. The van der Waals surface area contributed by atoms with Crippen LogP contribution in [-0.2, 0) is 0 Å². The van der Waals surface area contributed by atoms with Gasteiger partial charge in [0.15, 0.2) is 0 Å². The molecule has 1 aliphatic heterocycles. The molecule has 0 amide bonds. The van der Waals surface area contributed by atoms with Crippen molar-refractivity contribution in [1.29, 1.82) is 0 Å². The number of nitrogens with zero attached hydrogens (tertiary/aromatic N) is 2. The van der Waals surface area contributed by atoms with Gasteiger partial charge in [0.2, 0.25) is 0 Å². The number of benzene rings is 3. The molecule has 0 saturated carbocycles. The fourth-order valence-electron chi connectivity index (χ4n) is 4.36. The smallest absolute Gasteiger partial charge is 0.0911 e. The molecule has 0 aromatic heterocycles. The van der Waals surface area contributed by atoms with Gasteiger partial charge >= 0.3 is 0 Å². The Bertz CT molecular complexity index is 843. The number of halogens is 1. The second kappa shape index (κ2) is 8.48. The molecule has 3 aromatic carbocycles. The van der Waals surface area contributed by atoms with Crippen LogP contribution in [0.5, 0.6) is 0 Å². The van der Waals surface area contributed by atoms with Crippen LogP contribution in [0, 0.1) is 0 Å². The maximum Gasteiger partial charge on any atom is 0.0911 e. The van der Waals surface area contributed by atoms with Gasteiger partial charge < -0.3 is 0 Å². The summed E-state index contributed by atoms with van der Waals surface area (Å²) in [6, 6.07) is 30.4. The lowest BCUT2D eigenvalue weighted by molar-refractivity contribution is 0.0783. The van der Waals surface area contributed by atoms with E-state index in [1.807, 2.05) is 12.1 Å². The first-order chi connectivity index (χ1) is 13.7. The molecule has 0 spiro atoms. The van der Waals surface area contributed by atoms with Gasteiger partial charge in [-0.25, -0.2) is 0 Å². The van der Waals surface area contributed by atoms with Gasteiger partial charge in [0, 0.05) is 35.8 Å². The van der Waals surface area contributed by atoms with Crippen LogP contribution in [0.4, 0.5) is 0 Å². The fourth-order valence-corrected chi connectivity index (χ4v) is 4.60. The minimum absolute atomic E-state index is 0.152. The van der Waals surface area contributed by atoms with Crippen LogP contribution < -0.4 is 0 Å². The molecule has 2 nitrogen and oxygen atoms in total. The van der Waals surface area contributed by atoms with Gasteiger partial charge in [-0.2, -0.15) is 0 Å². The van der Waals surface area contributed by atoms with Gasteiger partial charge in [-0.3, -0.25) is 9.80 Å². The molecule has 1 heterocycles. The predicted molar refractivity (Wildman–Crippen MR) is 117 cm³/mol. The van der Waals surface area contributed by atoms with Crippen molar-refractivity contribution in [2.24, 2.45) is 0 Å². The zero-order valence-corrected chi connectivity index (χ0v) is 17.3. The maximum atomic E-state index is 6.68. The molecule has 0 radical (unpaired) electrons. The Morgan fingerprint density at radius 3 is 1.57 bits per heavy atom. The molecule has 28 heavy (non-hydrogen) atoms. The lowest BCUT2D eigenvalue weighted by atomic mass is 10.0. The Morgan fingerprint density at radius 1 is 0.679 bits per heavy atom. The van der Waals surface area contributed by atoms with E-state index in [4.69, 9.17) is 11.6 Å². The lowest BCUT2D eigenvalue weighted by Crippen LogP contribution is -2.34. The molecular formula is C25H27ClN2. The first kappa shape index (κ1) is 19.2. The average Bonchev–Trinajstić information content (AvgIpc) is 3.19. The molecule has 0 N–H and O–H groups in total. The summed E-state index contributed by atoms with van der Waals surface area (Å²) >= 11 is 6.68. The van der Waals surface area contributed by atoms with Gasteiger partial charge in [0.25, 0.3) is 0 Å². The molecule has 0 bridgehead atoms. The van der Waals surface area contributed by atoms with Crippen molar-refractivity contribution in [3.8, 4) is 0 Å². The van der Waals surface area contributed by atoms with Crippen molar-refractivity contribution >= 4 is 11.6 Å². The standard InChI is InChI=1S/C25H27ClN2/c1-19(21-11-5-3-6-12-21)27-17-18-28(20(2)22-13-7-4-8-14-22)25(27)23-15-9-10-16-24(23)26/h3-16,19-20,25H,17-18H2,1-2H3/t19-,20-/m1/s1. The molecule has 4 rings (SSSR count). The Kier molecular flexibility index (Phi) is 5.82. The zero-order chi connectivity index (χ0) is 19.5. The second-order valence-corrected chi connectivity index (χ2v) is 7.95. The zero-order valence-electron chi connectivity index (χ0n) is 16.5. The van der Waals surface area contributed by atoms with Gasteiger partial charge in [-0.1, -0.05) is 90.5 Å². The summed E-state index contributed by atoms with van der Waals surface area (Å²) in [5, 5.41) is 0.838. The Hall–Kier alpha value is -2.13. The van der Waals surface area contributed by atoms with Crippen molar-refractivity contribution in [2.45, 2.75) is 32.1 Å². The third-order valence-electron chi connectivity index (χ3n) is 5.99. The first-order valence-electron chi connectivity index (χ1n) is 10.0. The summed E-state index contributed by atoms with van der Waals surface area (Å²) in [6.45, 7) is 6.64. The van der Waals surface area contributed by atoms with Crippen LogP contribution in [0.1, 0.15) is 48.8 Å². The molecule has 1 aliphatic rings. The minimum atomic E-state index is 0.152. The molecular weight excluding hydrogens is 364 g/mol. The van der Waals surface area contributed by atoms with Crippen LogP contribution in [0.3, 0.4) is 0 Å². The SMILES string of the molecule is C[C@H](c1ccccc1)N1CCN([C@H](C)c2ccccc2)C1c1ccccc1Cl. The molecule has 1 fully saturated rings. The van der Waals surface area contributed by atoms with Crippen molar-refractivity contribution in [2.75, 3.05) is 13.1 Å². The fraction of sp³-hybridized carbons (Fsp3) is 0.280. The van der Waals surface area contributed by atoms with Crippen LogP contribution in [0.15, 0.2) is 84.9 Å². The van der Waals surface area contributed by atoms with E-state index in [-0.39, 0.29) is 6.17 Å². The van der Waals surface area contributed by atoms with E-state index in [2.05, 4.69) is 96.4 Å². The maximum absolute atomic E-state index is 6.68. The summed E-state index contributed by atoms with van der Waals surface area (Å²) < 4.78 is 0. The molecule has 3 aromatic rings. The summed E-state index contributed by atoms with van der Waals surface area (Å²) in [5.74, 6) is 0. The molecule has 2 atom stereocenters. The first-order valence-corrected chi connectivity index (χ1v) is 10.4. The molecule has 3 heteroatoms. The van der Waals surface area contributed by atoms with E-state index in [0.29, 0.717) is 12.1 Å². The quantitative estimate of drug-likeness (QED) is 0.492. The monoisotopic (exact) mass is 390 g/mol. The highest BCUT2D eigenvalue weighted by atomic mass is 35.5. The number of hydrogen-bond donors (Lipinski definition) is 0. The predicted octanol–water partition coefficient (Wildman–Crippen LogP) is 6.48. The second-order valence-electron chi connectivity index (χ2n) is 7.54. The van der Waals surface area contributed by atoms with Gasteiger partial charge in [-0.05, 0) is 31.0 Å². The molecule has 0 aliphatic carbocycles. The van der Waals surface area contributed by atoms with Crippen LogP contribution in [0.25, 0.3) is 0 Å².